The van der Waals surface area contributed by atoms with E-state index in [4.69, 9.17) is 10.2 Å². The molecule has 0 saturated carbocycles. The fourth-order valence-electron chi connectivity index (χ4n) is 1.73. The lowest BCUT2D eigenvalue weighted by molar-refractivity contribution is 0.111. The van der Waals surface area contributed by atoms with Crippen molar-refractivity contribution in [2.24, 2.45) is 0 Å². The number of nitrogens with one attached hydrogen (secondary N) is 3. The first kappa shape index (κ1) is 13.4. The highest BCUT2D eigenvalue weighted by molar-refractivity contribution is 6.01. The molecule has 0 saturated heterocycles. The van der Waals surface area contributed by atoms with Gasteiger partial charge in [0.15, 0.2) is 0 Å². The number of amides is 2. The predicted octanol–water partition coefficient (Wildman–Crippen LogP) is 1.03. The number of para-hydroxylation sites is 1. The highest BCUT2D eigenvalue weighted by atomic mass is 16.3. The average Bonchev–Trinajstić information content (AvgIpc) is 2.82. The molecule has 6 heteroatoms. The molecule has 5 N–H and O–H groups in total. The Kier molecular flexibility index (Phi) is 3.73. The number of rotatable bonds is 4. The van der Waals surface area contributed by atoms with Crippen molar-refractivity contribution in [2.45, 2.75) is 12.5 Å². The summed E-state index contributed by atoms with van der Waals surface area (Å²) < 4.78 is 0. The van der Waals surface area contributed by atoms with E-state index >= 15 is 0 Å². The molecule has 0 spiro atoms. The van der Waals surface area contributed by atoms with Crippen molar-refractivity contribution < 1.29 is 15.0 Å². The number of urea groups is 1. The van der Waals surface area contributed by atoms with Gasteiger partial charge in [0, 0.05) is 17.1 Å². The molecule has 0 aliphatic carbocycles. The van der Waals surface area contributed by atoms with Crippen LogP contribution in [0.3, 0.4) is 0 Å². The number of carbonyl (C=O) groups excluding carboxylic acids is 1. The number of H-pyrrole nitrogens is 1. The van der Waals surface area contributed by atoms with Gasteiger partial charge in [-0.2, -0.15) is 0 Å². The lowest BCUT2D eigenvalue weighted by Crippen LogP contribution is -2.53. The summed E-state index contributed by atoms with van der Waals surface area (Å²) in [5.41, 5.74) is 0.520. The molecule has 0 radical (unpaired) electrons. The van der Waals surface area contributed by atoms with Crippen LogP contribution in [0.25, 0.3) is 10.9 Å². The van der Waals surface area contributed by atoms with Gasteiger partial charge in [0.2, 0.25) is 0 Å². The first-order chi connectivity index (χ1) is 9.08. The van der Waals surface area contributed by atoms with E-state index in [0.29, 0.717) is 5.69 Å². The Morgan fingerprint density at radius 3 is 2.68 bits per heavy atom. The van der Waals surface area contributed by atoms with Crippen molar-refractivity contribution in [3.05, 3.63) is 30.5 Å². The molecule has 0 unspecified atom stereocenters. The molecule has 1 aromatic heterocycles. The average molecular weight is 263 g/mol. The van der Waals surface area contributed by atoms with Gasteiger partial charge in [-0.3, -0.25) is 0 Å². The third kappa shape index (κ3) is 2.86. The van der Waals surface area contributed by atoms with Gasteiger partial charge < -0.3 is 25.8 Å². The van der Waals surface area contributed by atoms with Crippen LogP contribution in [-0.4, -0.2) is 40.0 Å². The molecule has 102 valence electrons. The van der Waals surface area contributed by atoms with Gasteiger partial charge in [0.1, 0.15) is 0 Å². The second-order valence-corrected chi connectivity index (χ2v) is 4.70. The van der Waals surface area contributed by atoms with Crippen LogP contribution >= 0.6 is 0 Å². The van der Waals surface area contributed by atoms with E-state index in [1.807, 2.05) is 24.3 Å². The maximum Gasteiger partial charge on any atom is 0.319 e. The number of benzene rings is 1. The zero-order valence-corrected chi connectivity index (χ0v) is 10.6. The normalized spacial score (nSPS) is 11.5. The topological polar surface area (TPSA) is 97.4 Å². The lowest BCUT2D eigenvalue weighted by Gasteiger charge is -2.26. The van der Waals surface area contributed by atoms with E-state index < -0.39 is 11.6 Å². The lowest BCUT2D eigenvalue weighted by atomic mass is 10.1. The number of aromatic nitrogens is 1. The summed E-state index contributed by atoms with van der Waals surface area (Å²) in [5, 5.41) is 24.4. The number of hydrogen-bond donors (Lipinski definition) is 5. The van der Waals surface area contributed by atoms with Crippen molar-refractivity contribution in [3.8, 4) is 0 Å². The molecule has 1 aromatic carbocycles. The second kappa shape index (κ2) is 5.29. The van der Waals surface area contributed by atoms with Crippen molar-refractivity contribution in [1.29, 1.82) is 0 Å². The summed E-state index contributed by atoms with van der Waals surface area (Å²) in [4.78, 5) is 14.9. The van der Waals surface area contributed by atoms with Crippen molar-refractivity contribution in [1.82, 2.24) is 10.3 Å². The molecule has 1 heterocycles. The van der Waals surface area contributed by atoms with Crippen LogP contribution in [0.1, 0.15) is 6.92 Å². The van der Waals surface area contributed by atoms with E-state index in [0.717, 1.165) is 10.9 Å². The summed E-state index contributed by atoms with van der Waals surface area (Å²) in [6, 6.07) is 7.10. The van der Waals surface area contributed by atoms with Crippen LogP contribution in [-0.2, 0) is 0 Å². The summed E-state index contributed by atoms with van der Waals surface area (Å²) in [6.07, 6.45) is 1.69. The fourth-order valence-corrected chi connectivity index (χ4v) is 1.73. The van der Waals surface area contributed by atoms with Gasteiger partial charge in [-0.1, -0.05) is 18.2 Å². The van der Waals surface area contributed by atoms with Gasteiger partial charge in [0.25, 0.3) is 0 Å². The Morgan fingerprint density at radius 1 is 1.32 bits per heavy atom. The zero-order valence-electron chi connectivity index (χ0n) is 10.6. The molecule has 2 amide bonds. The minimum Gasteiger partial charge on any atom is -0.394 e. The standard InChI is InChI=1S/C13H17N3O3/c1-13(7-17,8-18)16-12(19)15-11-6-14-10-5-3-2-4-9(10)11/h2-6,14,17-18H,7-8H2,1H3,(H2,15,16,19). The third-order valence-electron chi connectivity index (χ3n) is 2.95. The van der Waals surface area contributed by atoms with Crippen LogP contribution in [0.5, 0.6) is 0 Å². The molecule has 2 rings (SSSR count). The molecule has 0 aliphatic rings. The number of aliphatic hydroxyl groups is 2. The molecule has 2 aromatic rings. The van der Waals surface area contributed by atoms with Crippen molar-refractivity contribution >= 4 is 22.6 Å². The molecular weight excluding hydrogens is 246 g/mol. The number of aliphatic hydroxyl groups excluding tert-OH is 2. The van der Waals surface area contributed by atoms with Gasteiger partial charge in [-0.15, -0.1) is 0 Å². The van der Waals surface area contributed by atoms with Crippen LogP contribution in [0, 0.1) is 0 Å². The van der Waals surface area contributed by atoms with Crippen LogP contribution < -0.4 is 10.6 Å². The molecule has 0 aliphatic heterocycles. The summed E-state index contributed by atoms with van der Waals surface area (Å²) in [5.74, 6) is 0. The van der Waals surface area contributed by atoms with Crippen molar-refractivity contribution in [3.63, 3.8) is 0 Å². The molecule has 19 heavy (non-hydrogen) atoms. The van der Waals surface area contributed by atoms with Gasteiger partial charge in [0.05, 0.1) is 24.4 Å². The van der Waals surface area contributed by atoms with E-state index in [1.54, 1.807) is 13.1 Å². The summed E-state index contributed by atoms with van der Waals surface area (Å²) in [6.45, 7) is 0.872. The van der Waals surface area contributed by atoms with Crippen LogP contribution in [0.2, 0.25) is 0 Å². The molecular formula is C13H17N3O3. The van der Waals surface area contributed by atoms with E-state index in [9.17, 15) is 4.79 Å². The van der Waals surface area contributed by atoms with Gasteiger partial charge in [-0.05, 0) is 13.0 Å². The minimum atomic E-state index is -1.05. The van der Waals surface area contributed by atoms with Crippen molar-refractivity contribution in [2.75, 3.05) is 18.5 Å². The Morgan fingerprint density at radius 2 is 2.00 bits per heavy atom. The van der Waals surface area contributed by atoms with Gasteiger partial charge in [-0.25, -0.2) is 4.79 Å². The molecule has 0 atom stereocenters. The molecule has 6 nitrogen and oxygen atoms in total. The highest BCUT2D eigenvalue weighted by Crippen LogP contribution is 2.22. The van der Waals surface area contributed by atoms with E-state index in [1.165, 1.54) is 0 Å². The number of aromatic amines is 1. The highest BCUT2D eigenvalue weighted by Gasteiger charge is 2.24. The van der Waals surface area contributed by atoms with Gasteiger partial charge >= 0.3 is 6.03 Å². The van der Waals surface area contributed by atoms with E-state index in [-0.39, 0.29) is 13.2 Å². The number of anilines is 1. The SMILES string of the molecule is CC(CO)(CO)NC(=O)Nc1c[nH]c2ccccc12. The van der Waals surface area contributed by atoms with Crippen LogP contribution in [0.4, 0.5) is 10.5 Å². The minimum absolute atomic E-state index is 0.342. The smallest absolute Gasteiger partial charge is 0.319 e. The zero-order chi connectivity index (χ0) is 13.9. The fraction of sp³-hybridized carbons (Fsp3) is 0.308. The summed E-state index contributed by atoms with van der Waals surface area (Å²) in [7, 11) is 0. The first-order valence-corrected chi connectivity index (χ1v) is 5.95. The first-order valence-electron chi connectivity index (χ1n) is 5.95. The molecule has 0 fully saturated rings. The Balaban J connectivity index is 2.11. The number of fused-ring (bicyclic) bond motifs is 1. The van der Waals surface area contributed by atoms with Crippen LogP contribution in [0.15, 0.2) is 30.5 Å². The number of carbonyl (C=O) groups is 1. The number of hydrogen-bond acceptors (Lipinski definition) is 3. The predicted molar refractivity (Wildman–Crippen MR) is 73.0 cm³/mol. The Labute approximate surface area is 110 Å². The maximum atomic E-state index is 11.8. The quantitative estimate of drug-likeness (QED) is 0.570. The Hall–Kier alpha value is -2.05. The van der Waals surface area contributed by atoms with E-state index in [2.05, 4.69) is 15.6 Å². The largest absolute Gasteiger partial charge is 0.394 e. The molecule has 0 bridgehead atoms. The summed E-state index contributed by atoms with van der Waals surface area (Å²) >= 11 is 0. The third-order valence-corrected chi connectivity index (χ3v) is 2.95. The maximum absolute atomic E-state index is 11.8. The second-order valence-electron chi connectivity index (χ2n) is 4.70. The monoisotopic (exact) mass is 263 g/mol. The Bertz CT molecular complexity index is 575.